The van der Waals surface area contributed by atoms with Gasteiger partial charge in [-0.2, -0.15) is 0 Å². The van der Waals surface area contributed by atoms with Gasteiger partial charge in [0.2, 0.25) is 0 Å². The molecule has 7 heteroatoms. The molecule has 0 saturated heterocycles. The van der Waals surface area contributed by atoms with Crippen LogP contribution >= 0.6 is 0 Å². The molecule has 2 bridgehead atoms. The van der Waals surface area contributed by atoms with E-state index in [0.29, 0.717) is 19.8 Å². The van der Waals surface area contributed by atoms with E-state index >= 15 is 0 Å². The molecule has 0 aliphatic heterocycles. The van der Waals surface area contributed by atoms with Gasteiger partial charge in [0.05, 0.1) is 13.2 Å². The summed E-state index contributed by atoms with van der Waals surface area (Å²) in [6, 6.07) is 15.3. The maximum absolute atomic E-state index is 12.7. The summed E-state index contributed by atoms with van der Waals surface area (Å²) in [6.07, 6.45) is 2.64. The minimum atomic E-state index is -1.00. The summed E-state index contributed by atoms with van der Waals surface area (Å²) in [4.78, 5) is 24.7. The summed E-state index contributed by atoms with van der Waals surface area (Å²) in [7, 11) is 1.64. The predicted octanol–water partition coefficient (Wildman–Crippen LogP) is 4.20. The monoisotopic (exact) mass is 465 g/mol. The summed E-state index contributed by atoms with van der Waals surface area (Å²) in [5.41, 5.74) is 4.34. The maximum Gasteiger partial charge on any atom is 0.407 e. The van der Waals surface area contributed by atoms with Gasteiger partial charge in [0.15, 0.2) is 0 Å². The van der Waals surface area contributed by atoms with Crippen LogP contribution in [-0.4, -0.2) is 56.7 Å². The van der Waals surface area contributed by atoms with Crippen molar-refractivity contribution in [1.29, 1.82) is 0 Å². The highest BCUT2D eigenvalue weighted by Crippen LogP contribution is 2.76. The van der Waals surface area contributed by atoms with Crippen LogP contribution in [0.1, 0.15) is 42.7 Å². The van der Waals surface area contributed by atoms with Gasteiger partial charge in [-0.25, -0.2) is 9.59 Å². The third kappa shape index (κ3) is 3.97. The van der Waals surface area contributed by atoms with Gasteiger partial charge in [0, 0.05) is 25.0 Å². The molecule has 1 atom stereocenters. The van der Waals surface area contributed by atoms with E-state index in [1.54, 1.807) is 7.11 Å². The van der Waals surface area contributed by atoms with Gasteiger partial charge in [0.1, 0.15) is 12.6 Å². The molecule has 2 aromatic rings. The summed E-state index contributed by atoms with van der Waals surface area (Å²) in [5.74, 6) is -1.06. The number of ether oxygens (including phenoxy) is 3. The van der Waals surface area contributed by atoms with Crippen LogP contribution < -0.4 is 5.32 Å². The van der Waals surface area contributed by atoms with E-state index in [1.807, 2.05) is 24.3 Å². The van der Waals surface area contributed by atoms with Gasteiger partial charge < -0.3 is 24.6 Å². The fourth-order valence-corrected chi connectivity index (χ4v) is 6.42. The first-order valence-electron chi connectivity index (χ1n) is 11.9. The zero-order valence-corrected chi connectivity index (χ0v) is 19.4. The van der Waals surface area contributed by atoms with Crippen molar-refractivity contribution in [2.75, 3.05) is 33.5 Å². The lowest BCUT2D eigenvalue weighted by atomic mass is 9.32. The highest BCUT2D eigenvalue weighted by molar-refractivity contribution is 5.82. The molecule has 2 aromatic carbocycles. The summed E-state index contributed by atoms with van der Waals surface area (Å²) < 4.78 is 16.1. The molecule has 1 amide bonds. The number of carboxylic acids is 1. The number of methoxy groups -OCH3 is 1. The van der Waals surface area contributed by atoms with E-state index < -0.39 is 18.1 Å². The van der Waals surface area contributed by atoms with Crippen LogP contribution in [-0.2, 0) is 19.0 Å². The topological polar surface area (TPSA) is 94.1 Å². The van der Waals surface area contributed by atoms with Crippen molar-refractivity contribution in [3.63, 3.8) is 0 Å². The molecule has 6 rings (SSSR count). The second-order valence-corrected chi connectivity index (χ2v) is 9.99. The van der Waals surface area contributed by atoms with Crippen LogP contribution in [0.5, 0.6) is 0 Å². The van der Waals surface area contributed by atoms with E-state index in [-0.39, 0.29) is 23.4 Å². The molecular weight excluding hydrogens is 434 g/mol. The first-order valence-corrected chi connectivity index (χ1v) is 11.9. The summed E-state index contributed by atoms with van der Waals surface area (Å²) in [6.45, 7) is 1.96. The Kier molecular flexibility index (Phi) is 6.08. The van der Waals surface area contributed by atoms with Crippen molar-refractivity contribution >= 4 is 12.1 Å². The zero-order chi connectivity index (χ0) is 23.8. The lowest BCUT2D eigenvalue weighted by molar-refractivity contribution is -0.231. The number of nitrogens with one attached hydrogen (secondary N) is 1. The Labute approximate surface area is 199 Å². The van der Waals surface area contributed by atoms with Crippen LogP contribution in [0, 0.1) is 10.8 Å². The minimum absolute atomic E-state index is 0.0576. The van der Waals surface area contributed by atoms with Crippen LogP contribution in [0.15, 0.2) is 48.5 Å². The van der Waals surface area contributed by atoms with Crippen molar-refractivity contribution in [2.45, 2.75) is 37.6 Å². The molecule has 0 radical (unpaired) electrons. The first kappa shape index (κ1) is 22.9. The number of rotatable bonds is 11. The van der Waals surface area contributed by atoms with E-state index in [2.05, 4.69) is 29.6 Å². The number of carbonyl (C=O) groups excluding carboxylic acids is 1. The Hall–Kier alpha value is -2.90. The van der Waals surface area contributed by atoms with Crippen LogP contribution in [0.3, 0.4) is 0 Å². The van der Waals surface area contributed by atoms with Gasteiger partial charge in [-0.05, 0) is 53.4 Å². The molecular formula is C27H31NO6. The van der Waals surface area contributed by atoms with Crippen molar-refractivity contribution < 1.29 is 28.9 Å². The van der Waals surface area contributed by atoms with Crippen LogP contribution in [0.4, 0.5) is 4.79 Å². The molecule has 3 saturated carbocycles. The Morgan fingerprint density at radius 3 is 2.21 bits per heavy atom. The van der Waals surface area contributed by atoms with Crippen molar-refractivity contribution in [2.24, 2.45) is 10.8 Å². The molecule has 2 N–H and O–H groups in total. The Balaban J connectivity index is 1.16. The maximum atomic E-state index is 12.7. The number of hydrogen-bond donors (Lipinski definition) is 2. The quantitative estimate of drug-likeness (QED) is 0.483. The van der Waals surface area contributed by atoms with E-state index in [0.717, 1.165) is 47.9 Å². The molecule has 3 fully saturated rings. The van der Waals surface area contributed by atoms with Gasteiger partial charge in [-0.1, -0.05) is 48.5 Å². The highest BCUT2D eigenvalue weighted by atomic mass is 16.5. The SMILES string of the molecule is COCCOCCC12CC(C(NC(=O)OCC3c4ccccc4-c4ccccc43)C(=O)O)(C1)C2. The minimum Gasteiger partial charge on any atom is -0.480 e. The molecule has 7 nitrogen and oxygen atoms in total. The lowest BCUT2D eigenvalue weighted by Gasteiger charge is -2.72. The fourth-order valence-electron chi connectivity index (χ4n) is 6.42. The normalized spacial score (nSPS) is 24.9. The largest absolute Gasteiger partial charge is 0.480 e. The Bertz CT molecular complexity index is 1020. The van der Waals surface area contributed by atoms with Crippen molar-refractivity contribution in [3.8, 4) is 11.1 Å². The number of aliphatic carboxylic acids is 1. The Morgan fingerprint density at radius 1 is 1.00 bits per heavy atom. The number of hydrogen-bond acceptors (Lipinski definition) is 5. The van der Waals surface area contributed by atoms with E-state index in [1.165, 1.54) is 0 Å². The average Bonchev–Trinajstić information content (AvgIpc) is 3.10. The van der Waals surface area contributed by atoms with Gasteiger partial charge >= 0.3 is 12.1 Å². The number of carbonyl (C=O) groups is 2. The van der Waals surface area contributed by atoms with Gasteiger partial charge in [-0.3, -0.25) is 0 Å². The third-order valence-electron chi connectivity index (χ3n) is 7.85. The number of alkyl carbamates (subject to hydrolysis) is 1. The molecule has 34 heavy (non-hydrogen) atoms. The fraction of sp³-hybridized carbons (Fsp3) is 0.481. The molecule has 1 unspecified atom stereocenters. The van der Waals surface area contributed by atoms with Gasteiger partial charge in [0.25, 0.3) is 0 Å². The standard InChI is InChI=1S/C27H31NO6/c1-32-12-13-33-11-10-26-15-27(16-26,17-26)23(24(29)30)28-25(31)34-14-22-20-8-4-2-6-18(20)19-7-3-5-9-21(19)22/h2-9,22-23H,10-17H2,1H3,(H,28,31)(H,29,30). The summed E-state index contributed by atoms with van der Waals surface area (Å²) in [5, 5.41) is 12.5. The highest BCUT2D eigenvalue weighted by Gasteiger charge is 2.71. The number of benzene rings is 2. The zero-order valence-electron chi connectivity index (χ0n) is 19.4. The summed E-state index contributed by atoms with van der Waals surface area (Å²) >= 11 is 0. The second-order valence-electron chi connectivity index (χ2n) is 9.99. The van der Waals surface area contributed by atoms with Crippen molar-refractivity contribution in [1.82, 2.24) is 5.32 Å². The predicted molar refractivity (Wildman–Crippen MR) is 126 cm³/mol. The molecule has 4 aliphatic carbocycles. The number of carboxylic acid groups (broad SMARTS) is 1. The van der Waals surface area contributed by atoms with E-state index in [9.17, 15) is 14.7 Å². The van der Waals surface area contributed by atoms with E-state index in [4.69, 9.17) is 14.2 Å². The van der Waals surface area contributed by atoms with Crippen LogP contribution in [0.25, 0.3) is 11.1 Å². The number of amides is 1. The van der Waals surface area contributed by atoms with Gasteiger partial charge in [-0.15, -0.1) is 0 Å². The molecule has 4 aliphatic rings. The average molecular weight is 466 g/mol. The molecule has 0 aromatic heterocycles. The number of fused-ring (bicyclic) bond motifs is 3. The molecule has 0 heterocycles. The lowest BCUT2D eigenvalue weighted by Crippen LogP contribution is -2.71. The Morgan fingerprint density at radius 2 is 1.62 bits per heavy atom. The van der Waals surface area contributed by atoms with Crippen LogP contribution in [0.2, 0.25) is 0 Å². The molecule has 180 valence electrons. The second kappa shape index (κ2) is 9.04. The first-order chi connectivity index (χ1) is 16.5. The smallest absolute Gasteiger partial charge is 0.407 e. The third-order valence-corrected chi connectivity index (χ3v) is 7.85. The van der Waals surface area contributed by atoms with Crippen molar-refractivity contribution in [3.05, 3.63) is 59.7 Å². The molecule has 0 spiro atoms.